The van der Waals surface area contributed by atoms with Gasteiger partial charge in [0.05, 0.1) is 0 Å². The normalized spacial score (nSPS) is 26.1. The largest absolute Gasteiger partial charge is 0.294 e. The summed E-state index contributed by atoms with van der Waals surface area (Å²) in [6.45, 7) is 3.59. The molecule has 1 saturated carbocycles. The van der Waals surface area contributed by atoms with Gasteiger partial charge in [-0.05, 0) is 48.8 Å². The van der Waals surface area contributed by atoms with Crippen molar-refractivity contribution in [3.63, 3.8) is 0 Å². The first-order valence-corrected chi connectivity index (χ1v) is 7.38. The molecule has 0 heterocycles. The van der Waals surface area contributed by atoms with Crippen LogP contribution < -0.4 is 0 Å². The van der Waals surface area contributed by atoms with Gasteiger partial charge < -0.3 is 0 Å². The molecule has 2 heteroatoms. The van der Waals surface area contributed by atoms with E-state index in [1.54, 1.807) is 6.92 Å². The van der Waals surface area contributed by atoms with Crippen LogP contribution in [-0.4, -0.2) is 11.6 Å². The fraction of sp³-hybridized carbons (Fsp3) is 0.263. The van der Waals surface area contributed by atoms with E-state index >= 15 is 0 Å². The van der Waals surface area contributed by atoms with Gasteiger partial charge in [-0.15, -0.1) is 0 Å². The molecule has 0 N–H and O–H groups in total. The molecule has 1 aromatic carbocycles. The highest BCUT2D eigenvalue weighted by Gasteiger charge is 2.40. The summed E-state index contributed by atoms with van der Waals surface area (Å²) >= 11 is 0. The van der Waals surface area contributed by atoms with Crippen molar-refractivity contribution in [1.82, 2.24) is 0 Å². The van der Waals surface area contributed by atoms with Crippen molar-refractivity contribution >= 4 is 17.1 Å². The minimum atomic E-state index is -0.0325. The number of allylic oxidation sites excluding steroid dienone is 6. The Hall–Kier alpha value is -2.22. The molecule has 0 aromatic heterocycles. The van der Waals surface area contributed by atoms with Crippen LogP contribution in [0.5, 0.6) is 0 Å². The summed E-state index contributed by atoms with van der Waals surface area (Å²) < 4.78 is 0. The van der Waals surface area contributed by atoms with E-state index in [0.717, 1.165) is 16.7 Å². The quantitative estimate of drug-likeness (QED) is 0.824. The van der Waals surface area contributed by atoms with Crippen LogP contribution in [0.2, 0.25) is 0 Å². The van der Waals surface area contributed by atoms with E-state index in [4.69, 9.17) is 0 Å². The molecule has 0 saturated heterocycles. The molecule has 4 rings (SSSR count). The summed E-state index contributed by atoms with van der Waals surface area (Å²) in [4.78, 5) is 24.9. The number of rotatable bonds is 2. The minimum Gasteiger partial charge on any atom is -0.294 e. The monoisotopic (exact) mass is 276 g/mol. The maximum absolute atomic E-state index is 12.8. The predicted octanol–water partition coefficient (Wildman–Crippen LogP) is 3.75. The first-order valence-electron chi connectivity index (χ1n) is 7.38. The van der Waals surface area contributed by atoms with Gasteiger partial charge in [0.2, 0.25) is 0 Å². The lowest BCUT2D eigenvalue weighted by Crippen LogP contribution is -2.07. The lowest BCUT2D eigenvalue weighted by Gasteiger charge is -2.14. The topological polar surface area (TPSA) is 34.1 Å². The molecule has 21 heavy (non-hydrogen) atoms. The molecule has 0 bridgehead atoms. The zero-order valence-electron chi connectivity index (χ0n) is 12.1. The number of fused-ring (bicyclic) bond motifs is 2. The number of benzene rings is 1. The van der Waals surface area contributed by atoms with Crippen LogP contribution in [0.1, 0.15) is 36.2 Å². The van der Waals surface area contributed by atoms with Crippen molar-refractivity contribution in [1.29, 1.82) is 0 Å². The van der Waals surface area contributed by atoms with Crippen LogP contribution in [0, 0.1) is 11.8 Å². The highest BCUT2D eigenvalue weighted by molar-refractivity contribution is 6.36. The second-order valence-electron chi connectivity index (χ2n) is 6.17. The molecular formula is C19H16O2. The van der Waals surface area contributed by atoms with Crippen LogP contribution in [0.25, 0.3) is 5.57 Å². The Morgan fingerprint density at radius 2 is 1.76 bits per heavy atom. The van der Waals surface area contributed by atoms with Crippen molar-refractivity contribution in [3.05, 3.63) is 64.3 Å². The zero-order valence-corrected chi connectivity index (χ0v) is 12.1. The van der Waals surface area contributed by atoms with Gasteiger partial charge in [0.1, 0.15) is 0 Å². The average molecular weight is 276 g/mol. The summed E-state index contributed by atoms with van der Waals surface area (Å²) in [7, 11) is 0. The maximum atomic E-state index is 12.8. The van der Waals surface area contributed by atoms with E-state index in [9.17, 15) is 9.59 Å². The van der Waals surface area contributed by atoms with E-state index in [1.165, 1.54) is 6.42 Å². The molecule has 0 amide bonds. The number of hydrogen-bond donors (Lipinski definition) is 0. The third kappa shape index (κ3) is 1.72. The molecule has 3 aliphatic carbocycles. The second-order valence-corrected chi connectivity index (χ2v) is 6.17. The van der Waals surface area contributed by atoms with Crippen molar-refractivity contribution in [2.45, 2.75) is 20.3 Å². The van der Waals surface area contributed by atoms with Crippen LogP contribution in [0.15, 0.2) is 53.1 Å². The Kier molecular flexibility index (Phi) is 2.47. The Balaban J connectivity index is 1.95. The van der Waals surface area contributed by atoms with Gasteiger partial charge in [0.15, 0.2) is 11.6 Å². The molecule has 0 radical (unpaired) electrons. The SMILES string of the molecule is CC(=O)C1=C(C2=CC3CC3C=C2C)C(=O)c2ccccc21. The van der Waals surface area contributed by atoms with Gasteiger partial charge in [0, 0.05) is 16.7 Å². The average Bonchev–Trinajstić information content (AvgIpc) is 3.14. The molecule has 0 aliphatic heterocycles. The standard InChI is InChI=1S/C19H16O2/c1-10-7-12-8-13(12)9-16(10)18-17(11(2)20)14-5-3-4-6-15(14)19(18)21/h3-7,9,12-13H,8H2,1-2H3. The van der Waals surface area contributed by atoms with Gasteiger partial charge in [-0.3, -0.25) is 9.59 Å². The maximum Gasteiger partial charge on any atom is 0.195 e. The third-order valence-corrected chi connectivity index (χ3v) is 4.70. The Morgan fingerprint density at radius 1 is 1.10 bits per heavy atom. The van der Waals surface area contributed by atoms with Crippen LogP contribution in [-0.2, 0) is 4.79 Å². The van der Waals surface area contributed by atoms with E-state index in [0.29, 0.717) is 28.5 Å². The highest BCUT2D eigenvalue weighted by atomic mass is 16.1. The fourth-order valence-corrected chi connectivity index (χ4v) is 3.56. The first-order chi connectivity index (χ1) is 10.1. The summed E-state index contributed by atoms with van der Waals surface area (Å²) in [5, 5.41) is 0. The summed E-state index contributed by atoms with van der Waals surface area (Å²) in [6, 6.07) is 7.43. The van der Waals surface area contributed by atoms with E-state index in [2.05, 4.69) is 12.2 Å². The minimum absolute atomic E-state index is 0.00565. The Labute approximate surface area is 123 Å². The number of ketones is 2. The molecule has 2 atom stereocenters. The van der Waals surface area contributed by atoms with Crippen LogP contribution >= 0.6 is 0 Å². The molecule has 3 aliphatic rings. The van der Waals surface area contributed by atoms with Crippen molar-refractivity contribution in [3.8, 4) is 0 Å². The molecule has 1 fully saturated rings. The van der Waals surface area contributed by atoms with Gasteiger partial charge in [-0.2, -0.15) is 0 Å². The molecule has 1 aromatic rings. The number of carbonyl (C=O) groups excluding carboxylic acids is 2. The van der Waals surface area contributed by atoms with Crippen molar-refractivity contribution in [2.24, 2.45) is 11.8 Å². The molecule has 104 valence electrons. The van der Waals surface area contributed by atoms with Crippen molar-refractivity contribution < 1.29 is 9.59 Å². The van der Waals surface area contributed by atoms with Gasteiger partial charge >= 0.3 is 0 Å². The first kappa shape index (κ1) is 12.5. The van der Waals surface area contributed by atoms with Crippen molar-refractivity contribution in [2.75, 3.05) is 0 Å². The molecular weight excluding hydrogens is 260 g/mol. The summed E-state index contributed by atoms with van der Waals surface area (Å²) in [6.07, 6.45) is 5.62. The fourth-order valence-electron chi connectivity index (χ4n) is 3.56. The predicted molar refractivity (Wildman–Crippen MR) is 81.8 cm³/mol. The zero-order chi connectivity index (χ0) is 14.7. The van der Waals surface area contributed by atoms with E-state index < -0.39 is 0 Å². The third-order valence-electron chi connectivity index (χ3n) is 4.70. The molecule has 0 spiro atoms. The van der Waals surface area contributed by atoms with E-state index in [1.807, 2.05) is 31.2 Å². The van der Waals surface area contributed by atoms with Crippen LogP contribution in [0.3, 0.4) is 0 Å². The van der Waals surface area contributed by atoms with Gasteiger partial charge in [0.25, 0.3) is 0 Å². The number of hydrogen-bond acceptors (Lipinski definition) is 2. The summed E-state index contributed by atoms with van der Waals surface area (Å²) in [5.41, 5.74) is 4.75. The summed E-state index contributed by atoms with van der Waals surface area (Å²) in [5.74, 6) is 1.17. The lowest BCUT2D eigenvalue weighted by atomic mass is 9.88. The Morgan fingerprint density at radius 3 is 2.48 bits per heavy atom. The van der Waals surface area contributed by atoms with Gasteiger partial charge in [-0.1, -0.05) is 36.4 Å². The van der Waals surface area contributed by atoms with Gasteiger partial charge in [-0.25, -0.2) is 0 Å². The molecule has 2 unspecified atom stereocenters. The smallest absolute Gasteiger partial charge is 0.195 e. The van der Waals surface area contributed by atoms with Crippen LogP contribution in [0.4, 0.5) is 0 Å². The number of carbonyl (C=O) groups is 2. The van der Waals surface area contributed by atoms with E-state index in [-0.39, 0.29) is 11.6 Å². The second kappa shape index (κ2) is 4.14. The highest BCUT2D eigenvalue weighted by Crippen LogP contribution is 2.49. The lowest BCUT2D eigenvalue weighted by molar-refractivity contribution is -0.111. The molecule has 2 nitrogen and oxygen atoms in total. The number of Topliss-reactive ketones (excluding diaryl/α,β-unsaturated/α-hetero) is 2. The Bertz CT molecular complexity index is 790.